The molecule has 180 valence electrons. The fourth-order valence-corrected chi connectivity index (χ4v) is 4.86. The van der Waals surface area contributed by atoms with E-state index < -0.39 is 0 Å². The largest absolute Gasteiger partial charge is 0.469 e. The quantitative estimate of drug-likeness (QED) is 0.568. The minimum Gasteiger partial charge on any atom is -0.469 e. The molecule has 0 bridgehead atoms. The van der Waals surface area contributed by atoms with Gasteiger partial charge in [-0.2, -0.15) is 0 Å². The zero-order valence-corrected chi connectivity index (χ0v) is 19.9. The van der Waals surface area contributed by atoms with Crippen LogP contribution >= 0.6 is 0 Å². The molecule has 0 saturated heterocycles. The van der Waals surface area contributed by atoms with Crippen LogP contribution < -0.4 is 10.6 Å². The second-order valence-corrected chi connectivity index (χ2v) is 9.20. The van der Waals surface area contributed by atoms with Crippen molar-refractivity contribution in [2.24, 2.45) is 5.92 Å². The summed E-state index contributed by atoms with van der Waals surface area (Å²) in [6.07, 6.45) is 6.32. The second-order valence-electron chi connectivity index (χ2n) is 9.20. The number of benzene rings is 2. The number of fused-ring (bicyclic) bond motifs is 1. The van der Waals surface area contributed by atoms with Gasteiger partial charge in [-0.1, -0.05) is 44.4 Å². The van der Waals surface area contributed by atoms with Gasteiger partial charge in [-0.3, -0.25) is 9.59 Å². The van der Waals surface area contributed by atoms with Gasteiger partial charge in [-0.25, -0.2) is 4.79 Å². The summed E-state index contributed by atoms with van der Waals surface area (Å²) in [7, 11) is 1.38. The third kappa shape index (κ3) is 5.41. The van der Waals surface area contributed by atoms with Crippen LogP contribution in [0.5, 0.6) is 0 Å². The zero-order chi connectivity index (χ0) is 24.1. The second kappa shape index (κ2) is 10.7. The van der Waals surface area contributed by atoms with Crippen LogP contribution in [0, 0.1) is 5.92 Å². The number of nitrogens with one attached hydrogen (secondary N) is 2. The van der Waals surface area contributed by atoms with Crippen LogP contribution in [0.15, 0.2) is 42.5 Å². The molecular weight excluding hydrogens is 430 g/mol. The molecule has 2 aromatic rings. The fraction of sp³-hybridized carbons (Fsp3) is 0.444. The maximum Gasteiger partial charge on any atom is 0.319 e. The van der Waals surface area contributed by atoms with Crippen LogP contribution in [0.25, 0.3) is 11.1 Å². The van der Waals surface area contributed by atoms with Gasteiger partial charge in [0.2, 0.25) is 0 Å². The van der Waals surface area contributed by atoms with Crippen molar-refractivity contribution in [1.82, 2.24) is 10.2 Å². The summed E-state index contributed by atoms with van der Waals surface area (Å²) in [5.74, 6) is -0.654. The highest BCUT2D eigenvalue weighted by Gasteiger charge is 2.31. The molecule has 2 aliphatic rings. The van der Waals surface area contributed by atoms with Crippen molar-refractivity contribution in [3.63, 3.8) is 0 Å². The molecule has 1 heterocycles. The lowest BCUT2D eigenvalue weighted by molar-refractivity contribution is -0.146. The number of hydrogen-bond acceptors (Lipinski definition) is 4. The molecule has 4 rings (SSSR count). The van der Waals surface area contributed by atoms with E-state index in [4.69, 9.17) is 4.74 Å². The molecule has 1 fully saturated rings. The zero-order valence-electron chi connectivity index (χ0n) is 19.9. The standard InChI is InChI=1S/C27H33N3O4/c1-3-18(26(32)34-2)16-30-17-21-15-20(11-14-24(21)25(30)31)19-9-12-23(13-10-19)29-27(33)28-22-7-5-4-6-8-22/h9-15,18,22H,3-8,16-17H2,1-2H3,(H2,28,29,33)/t18-/m0/s1. The summed E-state index contributed by atoms with van der Waals surface area (Å²) in [6, 6.07) is 13.7. The number of rotatable bonds is 7. The van der Waals surface area contributed by atoms with E-state index in [0.29, 0.717) is 25.1 Å². The molecule has 1 saturated carbocycles. The lowest BCUT2D eigenvalue weighted by Gasteiger charge is -2.22. The van der Waals surface area contributed by atoms with E-state index in [2.05, 4.69) is 10.6 Å². The molecule has 0 spiro atoms. The number of esters is 1. The first kappa shape index (κ1) is 23.8. The molecule has 1 aliphatic carbocycles. The van der Waals surface area contributed by atoms with Gasteiger partial charge >= 0.3 is 12.0 Å². The van der Waals surface area contributed by atoms with Gasteiger partial charge in [0, 0.05) is 30.4 Å². The van der Waals surface area contributed by atoms with Crippen LogP contribution in [0.1, 0.15) is 61.4 Å². The highest BCUT2D eigenvalue weighted by atomic mass is 16.5. The van der Waals surface area contributed by atoms with Crippen molar-refractivity contribution in [2.75, 3.05) is 19.0 Å². The Labute approximate surface area is 200 Å². The predicted octanol–water partition coefficient (Wildman–Crippen LogP) is 4.96. The Bertz CT molecular complexity index is 1040. The number of amides is 3. The van der Waals surface area contributed by atoms with E-state index in [9.17, 15) is 14.4 Å². The molecule has 34 heavy (non-hydrogen) atoms. The van der Waals surface area contributed by atoms with Crippen LogP contribution in [-0.4, -0.2) is 42.5 Å². The molecule has 0 aromatic heterocycles. The van der Waals surface area contributed by atoms with Crippen molar-refractivity contribution in [1.29, 1.82) is 0 Å². The minimum atomic E-state index is -0.321. The van der Waals surface area contributed by atoms with Crippen molar-refractivity contribution in [3.8, 4) is 11.1 Å². The lowest BCUT2D eigenvalue weighted by Crippen LogP contribution is -2.38. The molecule has 3 amide bonds. The Kier molecular flexibility index (Phi) is 7.50. The average molecular weight is 464 g/mol. The van der Waals surface area contributed by atoms with Gasteiger partial charge in [0.25, 0.3) is 5.91 Å². The number of nitrogens with zero attached hydrogens (tertiary/aromatic N) is 1. The van der Waals surface area contributed by atoms with E-state index in [1.54, 1.807) is 4.90 Å². The van der Waals surface area contributed by atoms with Gasteiger partial charge < -0.3 is 20.3 Å². The Balaban J connectivity index is 1.39. The van der Waals surface area contributed by atoms with Crippen LogP contribution in [-0.2, 0) is 16.1 Å². The number of carbonyl (C=O) groups is 3. The summed E-state index contributed by atoms with van der Waals surface area (Å²) >= 11 is 0. The highest BCUT2D eigenvalue weighted by Crippen LogP contribution is 2.30. The summed E-state index contributed by atoms with van der Waals surface area (Å²) in [5, 5.41) is 5.98. The van der Waals surface area contributed by atoms with Gasteiger partial charge in [-0.05, 0) is 60.2 Å². The van der Waals surface area contributed by atoms with Crippen LogP contribution in [0.3, 0.4) is 0 Å². The Morgan fingerprint density at radius 1 is 1.06 bits per heavy atom. The number of hydrogen-bond donors (Lipinski definition) is 2. The van der Waals surface area contributed by atoms with Gasteiger partial charge in [0.15, 0.2) is 0 Å². The van der Waals surface area contributed by atoms with Crippen molar-refractivity contribution in [2.45, 2.75) is 58.0 Å². The molecular formula is C27H33N3O4. The van der Waals surface area contributed by atoms with E-state index in [0.717, 1.165) is 35.2 Å². The first-order valence-electron chi connectivity index (χ1n) is 12.2. The first-order chi connectivity index (χ1) is 16.5. The lowest BCUT2D eigenvalue weighted by atomic mass is 9.96. The maximum atomic E-state index is 12.8. The van der Waals surface area contributed by atoms with Crippen molar-refractivity contribution in [3.05, 3.63) is 53.6 Å². The van der Waals surface area contributed by atoms with Gasteiger partial charge in [0.05, 0.1) is 13.0 Å². The minimum absolute atomic E-state index is 0.0487. The average Bonchev–Trinajstić information content (AvgIpc) is 3.17. The molecule has 0 unspecified atom stereocenters. The third-order valence-corrected chi connectivity index (χ3v) is 6.87. The monoisotopic (exact) mass is 463 g/mol. The van der Waals surface area contributed by atoms with Crippen molar-refractivity contribution >= 4 is 23.6 Å². The number of anilines is 1. The molecule has 7 nitrogen and oxygen atoms in total. The first-order valence-corrected chi connectivity index (χ1v) is 12.2. The Morgan fingerprint density at radius 3 is 2.44 bits per heavy atom. The SMILES string of the molecule is CC[C@@H](CN1Cc2cc(-c3ccc(NC(=O)NC4CCCCC4)cc3)ccc2C1=O)C(=O)OC. The number of ether oxygens (including phenoxy) is 1. The van der Waals surface area contributed by atoms with E-state index >= 15 is 0 Å². The molecule has 2 N–H and O–H groups in total. The smallest absolute Gasteiger partial charge is 0.319 e. The highest BCUT2D eigenvalue weighted by molar-refractivity contribution is 5.99. The summed E-state index contributed by atoms with van der Waals surface area (Å²) in [4.78, 5) is 38.8. The molecule has 0 radical (unpaired) electrons. The predicted molar refractivity (Wildman–Crippen MR) is 131 cm³/mol. The third-order valence-electron chi connectivity index (χ3n) is 6.87. The van der Waals surface area contributed by atoms with E-state index in [-0.39, 0.29) is 29.9 Å². The fourth-order valence-electron chi connectivity index (χ4n) is 4.86. The summed E-state index contributed by atoms with van der Waals surface area (Å²) in [5.41, 5.74) is 4.39. The normalized spacial score (nSPS) is 16.6. The topological polar surface area (TPSA) is 87.7 Å². The molecule has 1 atom stereocenters. The number of carbonyl (C=O) groups excluding carboxylic acids is 3. The molecule has 7 heteroatoms. The summed E-state index contributed by atoms with van der Waals surface area (Å²) in [6.45, 7) is 2.76. The maximum absolute atomic E-state index is 12.8. The van der Waals surface area contributed by atoms with E-state index in [1.165, 1.54) is 26.4 Å². The number of methoxy groups -OCH3 is 1. The van der Waals surface area contributed by atoms with Gasteiger partial charge in [0.1, 0.15) is 0 Å². The van der Waals surface area contributed by atoms with Gasteiger partial charge in [-0.15, -0.1) is 0 Å². The van der Waals surface area contributed by atoms with Crippen LogP contribution in [0.4, 0.5) is 10.5 Å². The summed E-state index contributed by atoms with van der Waals surface area (Å²) < 4.78 is 4.87. The molecule has 1 aliphatic heterocycles. The molecule has 2 aromatic carbocycles. The van der Waals surface area contributed by atoms with Crippen molar-refractivity contribution < 1.29 is 19.1 Å². The Morgan fingerprint density at radius 2 is 1.76 bits per heavy atom. The number of urea groups is 1. The van der Waals surface area contributed by atoms with Crippen LogP contribution in [0.2, 0.25) is 0 Å². The Hall–Kier alpha value is -3.35. The van der Waals surface area contributed by atoms with E-state index in [1.807, 2.05) is 49.4 Å².